The van der Waals surface area contributed by atoms with Crippen LogP contribution in [0.4, 0.5) is 11.6 Å². The standard InChI is InChI=1S/C18H24N5O14P.C9H14N3O8P.2Na/c19-5-1-3-22(17(30)20-5)16-10(28)8(26)13(36-16)14(37-38(32,33)34)11(29)12-7(25)9(27)15(35-12)23-4-2-6(24)21-18(23)31;10-5-1-2-12(9(15)11-5)8-7(14)6(13)4(20-8)3-19-21(16,17)18;;/h1-4,7-16,25-29H,(H2,19,20,30)(H,21,24,31)(H2,32,33,34);1-2,4,6-8,13-14H,3H2,(H2,10,11,15)(H2,16,17,18);;/q;;2*+1/p-2/t7-,8-,9+,10+,11?,12-,13-,14?,15+,16+;4-,6-,7-,8-;;/m01../s1. The van der Waals surface area contributed by atoms with Crippen LogP contribution in [0.3, 0.4) is 0 Å². The molecule has 3 aromatic heterocycles. The van der Waals surface area contributed by atoms with E-state index in [1.807, 2.05) is 4.98 Å². The van der Waals surface area contributed by atoms with E-state index in [-0.39, 0.29) is 70.8 Å². The molecule has 14 N–H and O–H groups in total. The number of ether oxygens (including phenoxy) is 3. The fourth-order valence-electron chi connectivity index (χ4n) is 6.17. The number of hydrogen-bond acceptors (Lipinski definition) is 24. The van der Waals surface area contributed by atoms with Crippen molar-refractivity contribution in [3.05, 3.63) is 78.6 Å². The summed E-state index contributed by atoms with van der Waals surface area (Å²) in [6, 6.07) is 3.33. The summed E-state index contributed by atoms with van der Waals surface area (Å²) >= 11 is 0. The summed E-state index contributed by atoms with van der Waals surface area (Å²) in [6.07, 6.45) is -22.5. The fraction of sp³-hybridized carbons (Fsp3) is 0.556. The van der Waals surface area contributed by atoms with Crippen molar-refractivity contribution in [3.63, 3.8) is 0 Å². The van der Waals surface area contributed by atoms with E-state index in [2.05, 4.69) is 19.0 Å². The number of nitrogens with two attached hydrogens (primary N) is 2. The number of aliphatic hydroxyl groups is 7. The SMILES string of the molecule is Nc1ccn([C@@H]2O[C@H](C(OP(=O)([O-])[O-])C(O)[C@H]3O[C@@H](n4ccc(=O)[nH]c4=O)[C@H](O)[C@@H]3O)[C@@H](O)[C@H]2O)c(=O)n1.Nc1ccn([C@@H]2O[C@H](COP(=O)(O)O)[C@@H](O)[C@H]2O)c(=O)n1.[Na+].[Na+]. The largest absolute Gasteiger partial charge is 1.00 e. The first-order valence-corrected chi connectivity index (χ1v) is 19.5. The number of aromatic amines is 1. The average Bonchev–Trinajstić information content (AvgIpc) is 3.70. The van der Waals surface area contributed by atoms with Gasteiger partial charge in [-0.25, -0.2) is 18.9 Å². The van der Waals surface area contributed by atoms with Crippen molar-refractivity contribution in [2.75, 3.05) is 18.1 Å². The molecule has 0 spiro atoms. The molecule has 0 aliphatic carbocycles. The van der Waals surface area contributed by atoms with Crippen LogP contribution in [0.2, 0.25) is 0 Å². The van der Waals surface area contributed by atoms with Crippen LogP contribution in [0, 0.1) is 0 Å². The third-order valence-corrected chi connectivity index (χ3v) is 9.91. The molecule has 3 aromatic rings. The third kappa shape index (κ3) is 12.6. The predicted molar refractivity (Wildman–Crippen MR) is 181 cm³/mol. The van der Waals surface area contributed by atoms with Gasteiger partial charge in [-0.15, -0.1) is 0 Å². The van der Waals surface area contributed by atoms with E-state index in [9.17, 15) is 73.8 Å². The first kappa shape index (κ1) is 53.2. The van der Waals surface area contributed by atoms with Gasteiger partial charge in [-0.3, -0.25) is 28.0 Å². The maximum absolute atomic E-state index is 12.2. The van der Waals surface area contributed by atoms with Crippen molar-refractivity contribution >= 4 is 27.3 Å². The molecule has 0 aromatic carbocycles. The topological polar surface area (TPSA) is 485 Å². The summed E-state index contributed by atoms with van der Waals surface area (Å²) in [6.45, 7) is -0.657. The van der Waals surface area contributed by atoms with Gasteiger partial charge < -0.3 is 90.1 Å². The molecule has 328 valence electrons. The number of aromatic nitrogens is 6. The molecule has 0 amide bonds. The Bertz CT molecular complexity index is 2310. The Balaban J connectivity index is 0.000000367. The molecule has 6 heterocycles. The monoisotopic (exact) mass is 932 g/mol. The molecule has 0 bridgehead atoms. The van der Waals surface area contributed by atoms with Gasteiger partial charge in [0.1, 0.15) is 78.8 Å². The zero-order valence-electron chi connectivity index (χ0n) is 31.4. The predicted octanol–water partition coefficient (Wildman–Crippen LogP) is -15.2. The van der Waals surface area contributed by atoms with Crippen LogP contribution in [-0.4, -0.2) is 148 Å². The molecule has 3 aliphatic rings. The van der Waals surface area contributed by atoms with Crippen molar-refractivity contribution in [1.29, 1.82) is 0 Å². The van der Waals surface area contributed by atoms with Gasteiger partial charge in [0.25, 0.3) is 5.56 Å². The Labute approximate surface area is 383 Å². The van der Waals surface area contributed by atoms with Gasteiger partial charge in [0, 0.05) is 24.7 Å². The van der Waals surface area contributed by atoms with Gasteiger partial charge in [-0.2, -0.15) is 9.97 Å². The van der Waals surface area contributed by atoms with Gasteiger partial charge in [0.15, 0.2) is 18.7 Å². The normalized spacial score (nSPS) is 31.0. The Kier molecular flexibility index (Phi) is 18.5. The number of H-pyrrole nitrogens is 1. The summed E-state index contributed by atoms with van der Waals surface area (Å²) in [5, 5.41) is 72.4. The van der Waals surface area contributed by atoms with E-state index < -0.39 is 131 Å². The first-order chi connectivity index (χ1) is 27.4. The van der Waals surface area contributed by atoms with Crippen LogP contribution in [0.1, 0.15) is 18.7 Å². The summed E-state index contributed by atoms with van der Waals surface area (Å²) in [4.78, 5) is 96.1. The van der Waals surface area contributed by atoms with E-state index >= 15 is 0 Å². The van der Waals surface area contributed by atoms with E-state index in [1.54, 1.807) is 0 Å². The van der Waals surface area contributed by atoms with Gasteiger partial charge in [0.05, 0.1) is 14.4 Å². The molecule has 2 unspecified atom stereocenters. The maximum atomic E-state index is 12.2. The van der Waals surface area contributed by atoms with Crippen molar-refractivity contribution in [2.45, 2.75) is 85.8 Å². The summed E-state index contributed by atoms with van der Waals surface area (Å²) in [7, 11) is -10.7. The smallest absolute Gasteiger partial charge is 0.790 e. The van der Waals surface area contributed by atoms with E-state index in [0.717, 1.165) is 29.1 Å². The quantitative estimate of drug-likeness (QED) is 0.0627. The molecule has 3 aliphatic heterocycles. The van der Waals surface area contributed by atoms with Crippen molar-refractivity contribution < 1.29 is 147 Å². The maximum Gasteiger partial charge on any atom is 1.00 e. The van der Waals surface area contributed by atoms with Crippen LogP contribution in [0.25, 0.3) is 0 Å². The summed E-state index contributed by atoms with van der Waals surface area (Å²) in [5.74, 6) is -0.209. The minimum absolute atomic E-state index is 0. The second-order valence-electron chi connectivity index (χ2n) is 12.9. The van der Waals surface area contributed by atoms with Crippen molar-refractivity contribution in [3.8, 4) is 0 Å². The number of nitrogen functional groups attached to an aromatic ring is 2. The van der Waals surface area contributed by atoms with E-state index in [0.29, 0.717) is 9.13 Å². The molecule has 30 nitrogen and oxygen atoms in total. The third-order valence-electron chi connectivity index (χ3n) is 8.92. The van der Waals surface area contributed by atoms with E-state index in [4.69, 9.17) is 35.5 Å². The van der Waals surface area contributed by atoms with Crippen LogP contribution in [-0.2, 0) is 32.4 Å². The van der Waals surface area contributed by atoms with Crippen LogP contribution >= 0.6 is 15.6 Å². The second-order valence-corrected chi connectivity index (χ2v) is 15.2. The number of rotatable bonds is 11. The number of phosphoric ester groups is 2. The van der Waals surface area contributed by atoms with Crippen LogP contribution < -0.4 is 103 Å². The second kappa shape index (κ2) is 21.2. The number of aliphatic hydroxyl groups excluding tert-OH is 7. The molecule has 0 saturated carbocycles. The molecule has 34 heteroatoms. The molecule has 6 rings (SSSR count). The molecular formula is C27H36N8Na2O22P2. The zero-order valence-corrected chi connectivity index (χ0v) is 37.2. The van der Waals surface area contributed by atoms with Gasteiger partial charge in [-0.1, -0.05) is 0 Å². The number of hydrogen-bond donors (Lipinski definition) is 12. The van der Waals surface area contributed by atoms with Gasteiger partial charge in [0.2, 0.25) is 0 Å². The summed E-state index contributed by atoms with van der Waals surface area (Å²) in [5.41, 5.74) is 7.04. The average molecular weight is 933 g/mol. The number of phosphoric acid groups is 2. The molecule has 61 heavy (non-hydrogen) atoms. The minimum Gasteiger partial charge on any atom is -0.790 e. The minimum atomic E-state index is -5.97. The molecule has 3 saturated heterocycles. The summed E-state index contributed by atoms with van der Waals surface area (Å²) < 4.78 is 48.9. The molecule has 14 atom stereocenters. The molecule has 0 radical (unpaired) electrons. The molecule has 3 fully saturated rings. The van der Waals surface area contributed by atoms with Crippen LogP contribution in [0.15, 0.2) is 56.0 Å². The van der Waals surface area contributed by atoms with Crippen molar-refractivity contribution in [2.24, 2.45) is 0 Å². The van der Waals surface area contributed by atoms with E-state index in [1.165, 1.54) is 12.3 Å². The molecular weight excluding hydrogens is 896 g/mol. The number of nitrogens with zero attached hydrogens (tertiary/aromatic N) is 5. The van der Waals surface area contributed by atoms with Gasteiger partial charge in [-0.05, 0) is 12.1 Å². The number of nitrogens with one attached hydrogen (secondary N) is 1. The number of anilines is 2. The fourth-order valence-corrected chi connectivity index (χ4v) is 7.06. The zero-order chi connectivity index (χ0) is 43.9. The Morgan fingerprint density at radius 2 is 1.16 bits per heavy atom. The van der Waals surface area contributed by atoms with Crippen molar-refractivity contribution in [1.82, 2.24) is 28.7 Å². The Morgan fingerprint density at radius 3 is 1.64 bits per heavy atom. The van der Waals surface area contributed by atoms with Gasteiger partial charge >= 0.3 is 84.0 Å². The van der Waals surface area contributed by atoms with Crippen LogP contribution in [0.5, 0.6) is 0 Å². The Morgan fingerprint density at radius 1 is 0.721 bits per heavy atom. The first-order valence-electron chi connectivity index (χ1n) is 16.5. The Hall–Kier alpha value is -2.14.